The molecular weight excluding hydrogens is 474 g/mol. The van der Waals surface area contributed by atoms with Gasteiger partial charge >= 0.3 is 0 Å². The van der Waals surface area contributed by atoms with Gasteiger partial charge in [0.1, 0.15) is 11.5 Å². The lowest BCUT2D eigenvalue weighted by Crippen LogP contribution is -2.38. The summed E-state index contributed by atoms with van der Waals surface area (Å²) in [5, 5.41) is 24.5. The van der Waals surface area contributed by atoms with Crippen molar-refractivity contribution >= 4 is 33.9 Å². The third kappa shape index (κ3) is 5.03. The van der Waals surface area contributed by atoms with Crippen LogP contribution in [0.1, 0.15) is 31.0 Å². The molecule has 1 unspecified atom stereocenters. The maximum absolute atomic E-state index is 13.3. The quantitative estimate of drug-likeness (QED) is 0.150. The van der Waals surface area contributed by atoms with E-state index in [1.807, 2.05) is 26.0 Å². The largest absolute Gasteiger partial charge is 0.507 e. The lowest BCUT2D eigenvalue weighted by molar-refractivity contribution is -0.384. The summed E-state index contributed by atoms with van der Waals surface area (Å²) in [6, 6.07) is 15.6. The highest BCUT2D eigenvalue weighted by molar-refractivity contribution is 6.46. The fourth-order valence-corrected chi connectivity index (χ4v) is 4.71. The van der Waals surface area contributed by atoms with Gasteiger partial charge in [-0.1, -0.05) is 44.2 Å². The van der Waals surface area contributed by atoms with Crippen molar-refractivity contribution in [3.63, 3.8) is 0 Å². The minimum atomic E-state index is -0.956. The number of nitrogens with zero attached hydrogens (tertiary/aromatic N) is 3. The average Bonchev–Trinajstić information content (AvgIpc) is 3.17. The maximum Gasteiger partial charge on any atom is 0.295 e. The van der Waals surface area contributed by atoms with E-state index in [1.54, 1.807) is 37.4 Å². The van der Waals surface area contributed by atoms with E-state index in [2.05, 4.69) is 4.90 Å². The Morgan fingerprint density at radius 3 is 2.43 bits per heavy atom. The number of carbonyl (C=O) groups is 2. The van der Waals surface area contributed by atoms with Gasteiger partial charge in [0.05, 0.1) is 23.6 Å². The van der Waals surface area contributed by atoms with Gasteiger partial charge in [-0.25, -0.2) is 0 Å². The maximum atomic E-state index is 13.3. The third-order valence-electron chi connectivity index (χ3n) is 6.81. The van der Waals surface area contributed by atoms with E-state index in [4.69, 9.17) is 4.74 Å². The van der Waals surface area contributed by atoms with Crippen LogP contribution in [0.3, 0.4) is 0 Å². The molecule has 1 aliphatic heterocycles. The first-order chi connectivity index (χ1) is 17.8. The number of hydrogen-bond donors (Lipinski definition) is 1. The number of carbonyl (C=O) groups excluding carboxylic acids is 2. The van der Waals surface area contributed by atoms with Crippen LogP contribution in [-0.2, 0) is 9.59 Å². The van der Waals surface area contributed by atoms with Gasteiger partial charge in [-0.2, -0.15) is 0 Å². The van der Waals surface area contributed by atoms with E-state index in [1.165, 1.54) is 23.1 Å². The first kappa shape index (κ1) is 25.8. The van der Waals surface area contributed by atoms with Gasteiger partial charge in [-0.05, 0) is 47.6 Å². The van der Waals surface area contributed by atoms with Crippen molar-refractivity contribution in [3.05, 3.63) is 87.5 Å². The molecule has 0 spiro atoms. The van der Waals surface area contributed by atoms with E-state index >= 15 is 0 Å². The van der Waals surface area contributed by atoms with E-state index in [-0.39, 0.29) is 23.6 Å². The van der Waals surface area contributed by atoms with Crippen LogP contribution >= 0.6 is 0 Å². The molecule has 1 N–H and O–H groups in total. The molecule has 9 nitrogen and oxygen atoms in total. The molecular formula is C28H29N3O6. The molecule has 1 saturated heterocycles. The van der Waals surface area contributed by atoms with Crippen LogP contribution in [-0.4, -0.2) is 64.8 Å². The number of benzene rings is 3. The molecule has 3 aromatic rings. The van der Waals surface area contributed by atoms with Crippen LogP contribution in [0.4, 0.5) is 5.69 Å². The predicted octanol–water partition coefficient (Wildman–Crippen LogP) is 4.52. The summed E-state index contributed by atoms with van der Waals surface area (Å²) < 4.78 is 5.27. The molecule has 4 rings (SSSR count). The van der Waals surface area contributed by atoms with Crippen molar-refractivity contribution in [2.75, 3.05) is 33.3 Å². The molecule has 0 aliphatic carbocycles. The Kier molecular flexibility index (Phi) is 7.54. The molecule has 0 radical (unpaired) electrons. The third-order valence-corrected chi connectivity index (χ3v) is 6.81. The van der Waals surface area contributed by atoms with E-state index in [0.717, 1.165) is 23.9 Å². The number of likely N-dealkylation sites (tertiary alicyclic amines) is 1. The molecule has 192 valence electrons. The summed E-state index contributed by atoms with van der Waals surface area (Å²) in [4.78, 5) is 40.9. The number of Topliss-reactive ketones (excluding diaryl/α,β-unsaturated/α-hetero) is 1. The SMILES string of the molecule is CCN(CC)CCN1C(=O)C(=O)/C(=C(/O)c2ccc3cc(OC)ccc3c2)C1c1cccc([N+](=O)[O-])c1. The van der Waals surface area contributed by atoms with Gasteiger partial charge in [-0.3, -0.25) is 19.7 Å². The van der Waals surface area contributed by atoms with Crippen LogP contribution < -0.4 is 4.74 Å². The lowest BCUT2D eigenvalue weighted by atomic mass is 9.94. The molecule has 1 aliphatic rings. The van der Waals surface area contributed by atoms with Gasteiger partial charge in [0, 0.05) is 30.8 Å². The average molecular weight is 504 g/mol. The molecule has 1 fully saturated rings. The number of ether oxygens (including phenoxy) is 1. The number of amides is 1. The normalized spacial score (nSPS) is 17.1. The molecule has 3 aromatic carbocycles. The first-order valence-electron chi connectivity index (χ1n) is 12.1. The number of nitro benzene ring substituents is 1. The zero-order valence-electron chi connectivity index (χ0n) is 21.0. The number of aliphatic hydroxyl groups excluding tert-OH is 1. The fourth-order valence-electron chi connectivity index (χ4n) is 4.71. The predicted molar refractivity (Wildman–Crippen MR) is 140 cm³/mol. The van der Waals surface area contributed by atoms with Crippen molar-refractivity contribution in [2.24, 2.45) is 0 Å². The number of aliphatic hydroxyl groups is 1. The van der Waals surface area contributed by atoms with E-state index in [0.29, 0.717) is 23.4 Å². The summed E-state index contributed by atoms with van der Waals surface area (Å²) in [6.07, 6.45) is 0. The Labute approximate surface area is 214 Å². The molecule has 1 atom stereocenters. The topological polar surface area (TPSA) is 113 Å². The van der Waals surface area contributed by atoms with Crippen molar-refractivity contribution in [3.8, 4) is 5.75 Å². The van der Waals surface area contributed by atoms with Crippen LogP contribution in [0.25, 0.3) is 16.5 Å². The minimum absolute atomic E-state index is 0.0853. The fraction of sp³-hybridized carbons (Fsp3) is 0.286. The second kappa shape index (κ2) is 10.8. The highest BCUT2D eigenvalue weighted by atomic mass is 16.6. The van der Waals surface area contributed by atoms with Gasteiger partial charge in [-0.15, -0.1) is 0 Å². The van der Waals surface area contributed by atoms with Gasteiger partial charge in [0.2, 0.25) is 0 Å². The molecule has 9 heteroatoms. The molecule has 0 saturated carbocycles. The van der Waals surface area contributed by atoms with Crippen LogP contribution in [0, 0.1) is 10.1 Å². The number of non-ortho nitro benzene ring substituents is 1. The van der Waals surface area contributed by atoms with Crippen molar-refractivity contribution in [2.45, 2.75) is 19.9 Å². The number of likely N-dealkylation sites (N-methyl/N-ethyl adjacent to an activating group) is 1. The Morgan fingerprint density at radius 1 is 1.05 bits per heavy atom. The molecule has 1 heterocycles. The van der Waals surface area contributed by atoms with E-state index < -0.39 is 22.7 Å². The zero-order chi connectivity index (χ0) is 26.7. The smallest absolute Gasteiger partial charge is 0.295 e. The van der Waals surface area contributed by atoms with Gasteiger partial charge in [0.25, 0.3) is 17.4 Å². The summed E-state index contributed by atoms with van der Waals surface area (Å²) in [5.74, 6) is -1.19. The summed E-state index contributed by atoms with van der Waals surface area (Å²) in [6.45, 7) is 6.29. The Balaban J connectivity index is 1.84. The van der Waals surface area contributed by atoms with Crippen molar-refractivity contribution in [1.29, 1.82) is 0 Å². The highest BCUT2D eigenvalue weighted by Crippen LogP contribution is 2.40. The number of nitro groups is 1. The Morgan fingerprint density at radius 2 is 1.76 bits per heavy atom. The van der Waals surface area contributed by atoms with Crippen molar-refractivity contribution in [1.82, 2.24) is 9.80 Å². The number of methoxy groups -OCH3 is 1. The second-order valence-corrected chi connectivity index (χ2v) is 8.80. The number of hydrogen-bond acceptors (Lipinski definition) is 7. The van der Waals surface area contributed by atoms with Crippen LogP contribution in [0.2, 0.25) is 0 Å². The second-order valence-electron chi connectivity index (χ2n) is 8.80. The highest BCUT2D eigenvalue weighted by Gasteiger charge is 2.46. The zero-order valence-corrected chi connectivity index (χ0v) is 21.0. The summed E-state index contributed by atoms with van der Waals surface area (Å²) in [7, 11) is 1.58. The summed E-state index contributed by atoms with van der Waals surface area (Å²) >= 11 is 0. The Bertz CT molecular complexity index is 1400. The Hall–Kier alpha value is -4.24. The van der Waals surface area contributed by atoms with Crippen LogP contribution in [0.15, 0.2) is 66.2 Å². The number of rotatable bonds is 9. The monoisotopic (exact) mass is 503 g/mol. The molecule has 37 heavy (non-hydrogen) atoms. The summed E-state index contributed by atoms with van der Waals surface area (Å²) in [5.41, 5.74) is 0.513. The minimum Gasteiger partial charge on any atom is -0.507 e. The van der Waals surface area contributed by atoms with Gasteiger partial charge < -0.3 is 19.6 Å². The van der Waals surface area contributed by atoms with Crippen LogP contribution in [0.5, 0.6) is 5.75 Å². The van der Waals surface area contributed by atoms with E-state index in [9.17, 15) is 24.8 Å². The standard InChI is InChI=1S/C28H29N3O6/c1-4-29(5-2)13-14-30-25(20-7-6-8-22(16-20)31(35)36)24(27(33)28(30)34)26(32)21-10-9-19-17-23(37-3)12-11-18(19)15-21/h6-12,15-17,25,32H,4-5,13-14H2,1-3H3/b26-24+. The number of ketones is 1. The van der Waals surface area contributed by atoms with Crippen molar-refractivity contribution < 1.29 is 24.4 Å². The molecule has 1 amide bonds. The first-order valence-corrected chi connectivity index (χ1v) is 12.1. The molecule has 0 aromatic heterocycles. The number of fused-ring (bicyclic) bond motifs is 1. The molecule has 0 bridgehead atoms. The van der Waals surface area contributed by atoms with Gasteiger partial charge in [0.15, 0.2) is 0 Å². The lowest BCUT2D eigenvalue weighted by Gasteiger charge is -2.28.